The summed E-state index contributed by atoms with van der Waals surface area (Å²) in [5.41, 5.74) is 0.459. The molecule has 2 rings (SSSR count). The third-order valence-electron chi connectivity index (χ3n) is 2.72. The van der Waals surface area contributed by atoms with Gasteiger partial charge in [0, 0.05) is 23.7 Å². The molecule has 0 atom stereocenters. The highest BCUT2D eigenvalue weighted by Crippen LogP contribution is 2.34. The zero-order valence-electron chi connectivity index (χ0n) is 11.1. The van der Waals surface area contributed by atoms with E-state index in [0.717, 1.165) is 5.56 Å². The molecule has 5 nitrogen and oxygen atoms in total. The molecule has 0 aliphatic heterocycles. The quantitative estimate of drug-likeness (QED) is 0.672. The lowest BCUT2D eigenvalue weighted by atomic mass is 10.2. The van der Waals surface area contributed by atoms with E-state index in [0.29, 0.717) is 6.54 Å². The number of hydrogen-bond donors (Lipinski definition) is 1. The highest BCUT2D eigenvalue weighted by Gasteiger charge is 2.17. The van der Waals surface area contributed by atoms with Gasteiger partial charge < -0.3 is 10.1 Å². The Kier molecular flexibility index (Phi) is 4.72. The van der Waals surface area contributed by atoms with Crippen LogP contribution >= 0.6 is 11.6 Å². The molecule has 1 N–H and O–H groups in total. The maximum Gasteiger partial charge on any atom is 0.311 e. The predicted molar refractivity (Wildman–Crippen MR) is 77.3 cm³/mol. The van der Waals surface area contributed by atoms with Gasteiger partial charge in [-0.1, -0.05) is 17.7 Å². The van der Waals surface area contributed by atoms with E-state index < -0.39 is 10.7 Å². The van der Waals surface area contributed by atoms with Crippen LogP contribution in [0.2, 0.25) is 5.02 Å². The van der Waals surface area contributed by atoms with Crippen LogP contribution in [-0.2, 0) is 6.54 Å². The van der Waals surface area contributed by atoms with E-state index in [1.807, 2.05) is 0 Å². The number of nitro benzene ring substituents is 1. The zero-order chi connectivity index (χ0) is 15.4. The Morgan fingerprint density at radius 1 is 1.29 bits per heavy atom. The second kappa shape index (κ2) is 6.51. The van der Waals surface area contributed by atoms with Crippen LogP contribution in [0.25, 0.3) is 0 Å². The van der Waals surface area contributed by atoms with Gasteiger partial charge in [0.2, 0.25) is 5.75 Å². The van der Waals surface area contributed by atoms with Crippen molar-refractivity contribution in [2.75, 3.05) is 7.05 Å². The van der Waals surface area contributed by atoms with Crippen LogP contribution in [0.15, 0.2) is 36.4 Å². The summed E-state index contributed by atoms with van der Waals surface area (Å²) in [5.74, 6) is -0.801. The summed E-state index contributed by atoms with van der Waals surface area (Å²) in [6.07, 6.45) is 0. The first-order valence-electron chi connectivity index (χ1n) is 6.06. The number of ether oxygens (including phenoxy) is 1. The summed E-state index contributed by atoms with van der Waals surface area (Å²) in [4.78, 5) is 10.3. The Labute approximate surface area is 125 Å². The summed E-state index contributed by atoms with van der Waals surface area (Å²) in [5, 5.41) is 14.1. The predicted octanol–water partition coefficient (Wildman–Crippen LogP) is 3.90. The first-order valence-corrected chi connectivity index (χ1v) is 6.44. The minimum atomic E-state index is -0.612. The van der Waals surface area contributed by atoms with Gasteiger partial charge in [-0.25, -0.2) is 4.39 Å². The molecule has 0 amide bonds. The van der Waals surface area contributed by atoms with Gasteiger partial charge in [0.25, 0.3) is 0 Å². The van der Waals surface area contributed by atoms with Crippen LogP contribution in [0.4, 0.5) is 10.1 Å². The second-order valence-electron chi connectivity index (χ2n) is 4.27. The van der Waals surface area contributed by atoms with Crippen molar-refractivity contribution in [2.24, 2.45) is 0 Å². The largest absolute Gasteiger partial charge is 0.447 e. The summed E-state index contributed by atoms with van der Waals surface area (Å²) >= 11 is 5.79. The Morgan fingerprint density at radius 3 is 2.67 bits per heavy atom. The van der Waals surface area contributed by atoms with Crippen LogP contribution in [-0.4, -0.2) is 12.0 Å². The summed E-state index contributed by atoms with van der Waals surface area (Å²) in [6.45, 7) is 0.508. The highest BCUT2D eigenvalue weighted by atomic mass is 35.5. The molecule has 7 heteroatoms. The van der Waals surface area contributed by atoms with Crippen molar-refractivity contribution < 1.29 is 14.1 Å². The number of benzene rings is 2. The summed E-state index contributed by atoms with van der Waals surface area (Å²) < 4.78 is 19.2. The molecular formula is C14H12ClFN2O3. The fourth-order valence-corrected chi connectivity index (χ4v) is 1.94. The van der Waals surface area contributed by atoms with E-state index in [4.69, 9.17) is 16.3 Å². The fourth-order valence-electron chi connectivity index (χ4n) is 1.78. The maximum atomic E-state index is 13.9. The first kappa shape index (κ1) is 15.2. The van der Waals surface area contributed by atoms with Gasteiger partial charge in [-0.3, -0.25) is 10.1 Å². The fraction of sp³-hybridized carbons (Fsp3) is 0.143. The molecule has 0 spiro atoms. The van der Waals surface area contributed by atoms with Crippen molar-refractivity contribution in [1.29, 1.82) is 0 Å². The molecule has 21 heavy (non-hydrogen) atoms. The highest BCUT2D eigenvalue weighted by molar-refractivity contribution is 6.30. The normalized spacial score (nSPS) is 10.4. The average molecular weight is 311 g/mol. The van der Waals surface area contributed by atoms with E-state index in [1.54, 1.807) is 13.1 Å². The topological polar surface area (TPSA) is 64.4 Å². The van der Waals surface area contributed by atoms with Crippen molar-refractivity contribution in [3.05, 3.63) is 62.9 Å². The molecule has 0 radical (unpaired) electrons. The van der Waals surface area contributed by atoms with E-state index in [9.17, 15) is 14.5 Å². The third-order valence-corrected chi connectivity index (χ3v) is 2.95. The number of nitro groups is 1. The van der Waals surface area contributed by atoms with Crippen molar-refractivity contribution in [2.45, 2.75) is 6.54 Å². The minimum absolute atomic E-state index is 0.0970. The van der Waals surface area contributed by atoms with Gasteiger partial charge in [0.05, 0.1) is 4.92 Å². The Bertz CT molecular complexity index is 679. The molecule has 0 heterocycles. The van der Waals surface area contributed by atoms with Gasteiger partial charge in [0.1, 0.15) is 0 Å². The Morgan fingerprint density at radius 2 is 2.05 bits per heavy atom. The Hall–Kier alpha value is -2.18. The number of nitrogens with zero attached hydrogens (tertiary/aromatic N) is 1. The zero-order valence-corrected chi connectivity index (χ0v) is 11.9. The molecule has 0 unspecified atom stereocenters. The lowest BCUT2D eigenvalue weighted by Gasteiger charge is -2.09. The lowest BCUT2D eigenvalue weighted by molar-refractivity contribution is -0.385. The van der Waals surface area contributed by atoms with E-state index in [1.165, 1.54) is 30.3 Å². The number of halogens is 2. The summed E-state index contributed by atoms with van der Waals surface area (Å²) in [6, 6.07) is 8.27. The van der Waals surface area contributed by atoms with Crippen molar-refractivity contribution >= 4 is 17.3 Å². The molecule has 0 saturated heterocycles. The van der Waals surface area contributed by atoms with Crippen LogP contribution in [0.5, 0.6) is 11.5 Å². The first-order chi connectivity index (χ1) is 10.0. The molecule has 0 aliphatic carbocycles. The smallest absolute Gasteiger partial charge is 0.311 e. The Balaban J connectivity index is 2.34. The molecule has 110 valence electrons. The molecule has 0 fully saturated rings. The molecule has 0 aliphatic rings. The number of hydrogen-bond acceptors (Lipinski definition) is 4. The van der Waals surface area contributed by atoms with E-state index >= 15 is 0 Å². The van der Waals surface area contributed by atoms with Crippen LogP contribution in [0, 0.1) is 15.9 Å². The average Bonchev–Trinajstić information content (AvgIpc) is 2.42. The number of nitrogens with one attached hydrogen (secondary N) is 1. The van der Waals surface area contributed by atoms with Crippen molar-refractivity contribution in [3.63, 3.8) is 0 Å². The molecule has 0 saturated carbocycles. The van der Waals surface area contributed by atoms with Crippen molar-refractivity contribution in [1.82, 2.24) is 5.32 Å². The van der Waals surface area contributed by atoms with Crippen molar-refractivity contribution in [3.8, 4) is 11.5 Å². The second-order valence-corrected chi connectivity index (χ2v) is 4.70. The van der Waals surface area contributed by atoms with Gasteiger partial charge in [0.15, 0.2) is 11.6 Å². The van der Waals surface area contributed by atoms with Crippen LogP contribution in [0.1, 0.15) is 5.56 Å². The maximum absolute atomic E-state index is 13.9. The SMILES string of the molecule is CNCc1ccc(Oc2cc(Cl)ccc2[N+](=O)[O-])c(F)c1. The molecule has 2 aromatic rings. The minimum Gasteiger partial charge on any atom is -0.447 e. The van der Waals surface area contributed by atoms with E-state index in [2.05, 4.69) is 5.32 Å². The van der Waals surface area contributed by atoms with Gasteiger partial charge >= 0.3 is 5.69 Å². The van der Waals surface area contributed by atoms with E-state index in [-0.39, 0.29) is 22.2 Å². The molecule has 0 aromatic heterocycles. The molecular weight excluding hydrogens is 299 g/mol. The van der Waals surface area contributed by atoms with Crippen LogP contribution in [0.3, 0.4) is 0 Å². The van der Waals surface area contributed by atoms with Gasteiger partial charge in [-0.05, 0) is 30.8 Å². The monoisotopic (exact) mass is 310 g/mol. The van der Waals surface area contributed by atoms with Gasteiger partial charge in [-0.2, -0.15) is 0 Å². The number of rotatable bonds is 5. The van der Waals surface area contributed by atoms with Crippen LogP contribution < -0.4 is 10.1 Å². The summed E-state index contributed by atoms with van der Waals surface area (Å²) in [7, 11) is 1.75. The lowest BCUT2D eigenvalue weighted by Crippen LogP contribution is -2.05. The standard InChI is InChI=1S/C14H12ClFN2O3/c1-17-8-9-2-5-13(11(16)6-9)21-14-7-10(15)3-4-12(14)18(19)20/h2-7,17H,8H2,1H3. The molecule has 2 aromatic carbocycles. The van der Waals surface area contributed by atoms with Gasteiger partial charge in [-0.15, -0.1) is 0 Å². The molecule has 0 bridgehead atoms. The third kappa shape index (κ3) is 3.68.